The minimum Gasteiger partial charge on any atom is -0.339 e. The molecule has 8 nitrogen and oxygen atoms in total. The van der Waals surface area contributed by atoms with E-state index in [2.05, 4.69) is 32.0 Å². The third kappa shape index (κ3) is 3.39. The maximum absolute atomic E-state index is 14.4. The lowest BCUT2D eigenvalue weighted by Gasteiger charge is -2.28. The second kappa shape index (κ2) is 8.03. The molecule has 1 aliphatic heterocycles. The van der Waals surface area contributed by atoms with Crippen LogP contribution in [0.3, 0.4) is 0 Å². The van der Waals surface area contributed by atoms with E-state index in [-0.39, 0.29) is 16.1 Å². The van der Waals surface area contributed by atoms with Gasteiger partial charge in [-0.3, -0.25) is 14.0 Å². The number of pyridine rings is 1. The van der Waals surface area contributed by atoms with Gasteiger partial charge in [-0.05, 0) is 51.2 Å². The lowest BCUT2D eigenvalue weighted by atomic mass is 10.1. The van der Waals surface area contributed by atoms with E-state index in [1.165, 1.54) is 30.7 Å². The number of para-hydroxylation sites is 1. The standard InChI is InChI=1S/C24H21ClFN7O/c1-31-7-5-15(6-8-31)33-12-14(10-29-33)20-9-16-21-17(11-27-23(16)30-20)24(34)32(13-28-21)22-18(25)3-2-4-19(22)26/h2-4,9-13,15H,5-8H2,1H3,(H,27,30). The molecule has 34 heavy (non-hydrogen) atoms. The van der Waals surface area contributed by atoms with Crippen LogP contribution in [0.15, 0.2) is 54.0 Å². The maximum atomic E-state index is 14.4. The Hall–Kier alpha value is -3.56. The van der Waals surface area contributed by atoms with Crippen LogP contribution in [0, 0.1) is 5.82 Å². The fraction of sp³-hybridized carbons (Fsp3) is 0.250. The molecule has 5 heterocycles. The van der Waals surface area contributed by atoms with E-state index < -0.39 is 11.4 Å². The van der Waals surface area contributed by atoms with E-state index in [1.807, 2.05) is 23.1 Å². The van der Waals surface area contributed by atoms with Crippen molar-refractivity contribution < 1.29 is 4.39 Å². The summed E-state index contributed by atoms with van der Waals surface area (Å²) in [5, 5.41) is 5.71. The van der Waals surface area contributed by atoms with Crippen LogP contribution >= 0.6 is 11.6 Å². The summed E-state index contributed by atoms with van der Waals surface area (Å²) < 4.78 is 17.6. The van der Waals surface area contributed by atoms with Crippen LogP contribution in [0.5, 0.6) is 0 Å². The summed E-state index contributed by atoms with van der Waals surface area (Å²) in [5.74, 6) is -0.602. The second-order valence-corrected chi connectivity index (χ2v) is 9.11. The molecule has 0 radical (unpaired) electrons. The van der Waals surface area contributed by atoms with Crippen molar-refractivity contribution in [1.29, 1.82) is 0 Å². The summed E-state index contributed by atoms with van der Waals surface area (Å²) in [5.41, 5.74) is 2.42. The van der Waals surface area contributed by atoms with E-state index in [0.717, 1.165) is 41.8 Å². The first-order valence-corrected chi connectivity index (χ1v) is 11.4. The monoisotopic (exact) mass is 477 g/mol. The Morgan fingerprint density at radius 3 is 2.76 bits per heavy atom. The molecule has 1 saturated heterocycles. The van der Waals surface area contributed by atoms with Gasteiger partial charge in [0.2, 0.25) is 0 Å². The van der Waals surface area contributed by atoms with Crippen LogP contribution in [0.4, 0.5) is 4.39 Å². The highest BCUT2D eigenvalue weighted by Crippen LogP contribution is 2.29. The molecule has 4 aromatic heterocycles. The summed E-state index contributed by atoms with van der Waals surface area (Å²) in [7, 11) is 2.14. The Labute approximate surface area is 198 Å². The number of rotatable bonds is 3. The molecule has 172 valence electrons. The van der Waals surface area contributed by atoms with E-state index >= 15 is 0 Å². The number of piperidine rings is 1. The summed E-state index contributed by atoms with van der Waals surface area (Å²) in [6.45, 7) is 2.12. The number of nitrogens with one attached hydrogen (secondary N) is 1. The molecule has 5 aromatic rings. The van der Waals surface area contributed by atoms with Gasteiger partial charge in [0.15, 0.2) is 0 Å². The number of hydrogen-bond donors (Lipinski definition) is 1. The largest absolute Gasteiger partial charge is 0.339 e. The van der Waals surface area contributed by atoms with Crippen molar-refractivity contribution in [2.75, 3.05) is 20.1 Å². The van der Waals surface area contributed by atoms with Gasteiger partial charge < -0.3 is 9.88 Å². The summed E-state index contributed by atoms with van der Waals surface area (Å²) in [4.78, 5) is 27.7. The molecule has 1 fully saturated rings. The topological polar surface area (TPSA) is 84.6 Å². The average Bonchev–Trinajstić information content (AvgIpc) is 3.48. The van der Waals surface area contributed by atoms with Crippen molar-refractivity contribution in [3.63, 3.8) is 0 Å². The molecule has 0 spiro atoms. The number of fused-ring (bicyclic) bond motifs is 3. The molecule has 6 rings (SSSR count). The predicted molar refractivity (Wildman–Crippen MR) is 129 cm³/mol. The van der Waals surface area contributed by atoms with Crippen molar-refractivity contribution >= 4 is 33.5 Å². The Morgan fingerprint density at radius 1 is 1.15 bits per heavy atom. The molecule has 0 aliphatic carbocycles. The molecule has 0 bridgehead atoms. The highest BCUT2D eigenvalue weighted by molar-refractivity contribution is 6.32. The zero-order valence-corrected chi connectivity index (χ0v) is 19.1. The number of hydrogen-bond acceptors (Lipinski definition) is 5. The van der Waals surface area contributed by atoms with E-state index in [1.54, 1.807) is 0 Å². The van der Waals surface area contributed by atoms with E-state index in [0.29, 0.717) is 22.6 Å². The number of aromatic nitrogens is 6. The Kier molecular flexibility index (Phi) is 4.96. The smallest absolute Gasteiger partial charge is 0.267 e. The number of aromatic amines is 1. The average molecular weight is 478 g/mol. The minimum atomic E-state index is -0.602. The maximum Gasteiger partial charge on any atom is 0.267 e. The molecule has 0 unspecified atom stereocenters. The van der Waals surface area contributed by atoms with Gasteiger partial charge in [-0.15, -0.1) is 0 Å². The zero-order chi connectivity index (χ0) is 23.4. The first kappa shape index (κ1) is 21.0. The molecule has 1 aliphatic rings. The molecule has 1 aromatic carbocycles. The van der Waals surface area contributed by atoms with Crippen molar-refractivity contribution in [3.8, 4) is 16.9 Å². The molecule has 0 saturated carbocycles. The second-order valence-electron chi connectivity index (χ2n) is 8.70. The number of likely N-dealkylation sites (tertiary alicyclic amines) is 1. The van der Waals surface area contributed by atoms with Crippen LogP contribution in [0.2, 0.25) is 5.02 Å². The number of halogens is 2. The van der Waals surface area contributed by atoms with Gasteiger partial charge in [-0.25, -0.2) is 14.4 Å². The highest BCUT2D eigenvalue weighted by atomic mass is 35.5. The van der Waals surface area contributed by atoms with Crippen LogP contribution < -0.4 is 5.56 Å². The normalized spacial score (nSPS) is 15.5. The first-order valence-electron chi connectivity index (χ1n) is 11.1. The fourth-order valence-corrected chi connectivity index (χ4v) is 4.88. The predicted octanol–water partition coefficient (Wildman–Crippen LogP) is 4.18. The Morgan fingerprint density at radius 2 is 1.97 bits per heavy atom. The third-order valence-corrected chi connectivity index (χ3v) is 6.84. The fourth-order valence-electron chi connectivity index (χ4n) is 4.62. The summed E-state index contributed by atoms with van der Waals surface area (Å²) in [6.07, 6.45) is 8.78. The van der Waals surface area contributed by atoms with E-state index in [9.17, 15) is 9.18 Å². The number of nitrogens with zero attached hydrogens (tertiary/aromatic N) is 6. The van der Waals surface area contributed by atoms with Crippen molar-refractivity contribution in [1.82, 2.24) is 34.2 Å². The molecule has 0 amide bonds. The van der Waals surface area contributed by atoms with Gasteiger partial charge in [0.25, 0.3) is 5.56 Å². The molecule has 1 N–H and O–H groups in total. The Bertz CT molecular complexity index is 1580. The lowest BCUT2D eigenvalue weighted by Crippen LogP contribution is -2.31. The van der Waals surface area contributed by atoms with Crippen LogP contribution in [-0.4, -0.2) is 54.3 Å². The SMILES string of the molecule is CN1CCC(n2cc(-c3cc4c(ncc5c(=O)n(-c6c(F)cccc6Cl)cnc54)[nH]3)cn2)CC1. The highest BCUT2D eigenvalue weighted by Gasteiger charge is 2.20. The molecule has 0 atom stereocenters. The zero-order valence-electron chi connectivity index (χ0n) is 18.4. The van der Waals surface area contributed by atoms with Crippen LogP contribution in [0.25, 0.3) is 38.9 Å². The molecule has 10 heteroatoms. The van der Waals surface area contributed by atoms with Crippen molar-refractivity contribution in [2.24, 2.45) is 0 Å². The van der Waals surface area contributed by atoms with Crippen LogP contribution in [-0.2, 0) is 0 Å². The summed E-state index contributed by atoms with van der Waals surface area (Å²) >= 11 is 6.16. The third-order valence-electron chi connectivity index (χ3n) is 6.53. The van der Waals surface area contributed by atoms with Gasteiger partial charge in [0, 0.05) is 23.3 Å². The van der Waals surface area contributed by atoms with Gasteiger partial charge in [0.1, 0.15) is 23.5 Å². The first-order chi connectivity index (χ1) is 16.5. The van der Waals surface area contributed by atoms with Gasteiger partial charge in [0.05, 0.1) is 33.9 Å². The van der Waals surface area contributed by atoms with E-state index in [4.69, 9.17) is 11.6 Å². The van der Waals surface area contributed by atoms with Crippen molar-refractivity contribution in [2.45, 2.75) is 18.9 Å². The molecular weight excluding hydrogens is 457 g/mol. The number of H-pyrrole nitrogens is 1. The summed E-state index contributed by atoms with van der Waals surface area (Å²) in [6, 6.07) is 6.58. The lowest BCUT2D eigenvalue weighted by molar-refractivity contribution is 0.212. The van der Waals surface area contributed by atoms with Crippen molar-refractivity contribution in [3.05, 3.63) is 70.4 Å². The molecular formula is C24H21ClFN7O. The van der Waals surface area contributed by atoms with Gasteiger partial charge in [-0.2, -0.15) is 5.10 Å². The number of benzene rings is 1. The quantitative estimate of drug-likeness (QED) is 0.421. The Balaban J connectivity index is 1.41. The van der Waals surface area contributed by atoms with Crippen LogP contribution in [0.1, 0.15) is 18.9 Å². The van der Waals surface area contributed by atoms with Gasteiger partial charge in [-0.1, -0.05) is 17.7 Å². The minimum absolute atomic E-state index is 0.0280. The van der Waals surface area contributed by atoms with Gasteiger partial charge >= 0.3 is 0 Å².